The van der Waals surface area contributed by atoms with Crippen LogP contribution in [0, 0.1) is 0 Å². The molecule has 2 rings (SSSR count). The Balaban J connectivity index is 2.46. The first-order valence-electron chi connectivity index (χ1n) is 5.08. The Morgan fingerprint density at radius 1 is 1.69 bits per heavy atom. The van der Waals surface area contributed by atoms with E-state index in [1.54, 1.807) is 25.1 Å². The number of benzene rings is 1. The largest absolute Gasteiger partial charge is 0.484 e. The summed E-state index contributed by atoms with van der Waals surface area (Å²) in [6, 6.07) is 5.09. The summed E-state index contributed by atoms with van der Waals surface area (Å²) in [7, 11) is 0. The first-order valence-corrected chi connectivity index (χ1v) is 5.45. The SMILES string of the molecule is CC1(CF)CC(C=O)c2ccc(Cl)cc2O1. The Morgan fingerprint density at radius 3 is 3.06 bits per heavy atom. The van der Waals surface area contributed by atoms with Crippen molar-refractivity contribution in [2.45, 2.75) is 24.9 Å². The van der Waals surface area contributed by atoms with Gasteiger partial charge in [0.2, 0.25) is 0 Å². The molecule has 0 fully saturated rings. The van der Waals surface area contributed by atoms with Gasteiger partial charge in [0.1, 0.15) is 24.3 Å². The highest BCUT2D eigenvalue weighted by Gasteiger charge is 2.37. The van der Waals surface area contributed by atoms with Gasteiger partial charge in [-0.1, -0.05) is 17.7 Å². The molecule has 2 nitrogen and oxygen atoms in total. The van der Waals surface area contributed by atoms with Crippen LogP contribution < -0.4 is 4.74 Å². The Kier molecular flexibility index (Phi) is 2.89. The molecule has 2 unspecified atom stereocenters. The Bertz CT molecular complexity index is 421. The van der Waals surface area contributed by atoms with Gasteiger partial charge in [-0.3, -0.25) is 0 Å². The van der Waals surface area contributed by atoms with Gasteiger partial charge in [0.15, 0.2) is 0 Å². The van der Waals surface area contributed by atoms with E-state index in [0.717, 1.165) is 11.8 Å². The van der Waals surface area contributed by atoms with Crippen LogP contribution in [0.1, 0.15) is 24.8 Å². The third-order valence-electron chi connectivity index (χ3n) is 2.83. The molecule has 0 N–H and O–H groups in total. The van der Waals surface area contributed by atoms with E-state index in [1.165, 1.54) is 0 Å². The standard InChI is InChI=1S/C12H12ClFO2/c1-12(7-14)5-8(6-15)10-3-2-9(13)4-11(10)16-12/h2-4,6,8H,5,7H2,1H3. The number of rotatable bonds is 2. The number of carbonyl (C=O) groups excluding carboxylic acids is 1. The van der Waals surface area contributed by atoms with Crippen LogP contribution in [0.4, 0.5) is 4.39 Å². The monoisotopic (exact) mass is 242 g/mol. The summed E-state index contributed by atoms with van der Waals surface area (Å²) >= 11 is 5.84. The lowest BCUT2D eigenvalue weighted by Gasteiger charge is -2.36. The quantitative estimate of drug-likeness (QED) is 0.745. The third kappa shape index (κ3) is 1.92. The smallest absolute Gasteiger partial charge is 0.135 e. The van der Waals surface area contributed by atoms with E-state index >= 15 is 0 Å². The average Bonchev–Trinajstić information content (AvgIpc) is 2.27. The van der Waals surface area contributed by atoms with Crippen molar-refractivity contribution in [3.05, 3.63) is 28.8 Å². The van der Waals surface area contributed by atoms with Crippen molar-refractivity contribution in [3.63, 3.8) is 0 Å². The second-order valence-electron chi connectivity index (χ2n) is 4.31. The summed E-state index contributed by atoms with van der Waals surface area (Å²) in [6.45, 7) is 1.04. The first-order chi connectivity index (χ1) is 7.58. The minimum Gasteiger partial charge on any atom is -0.484 e. The van der Waals surface area contributed by atoms with Gasteiger partial charge in [-0.25, -0.2) is 4.39 Å². The number of ether oxygens (including phenoxy) is 1. The average molecular weight is 243 g/mol. The zero-order valence-electron chi connectivity index (χ0n) is 8.87. The summed E-state index contributed by atoms with van der Waals surface area (Å²) in [5, 5.41) is 0.520. The topological polar surface area (TPSA) is 26.3 Å². The normalized spacial score (nSPS) is 28.1. The van der Waals surface area contributed by atoms with Crippen LogP contribution in [0.25, 0.3) is 0 Å². The van der Waals surface area contributed by atoms with Crippen LogP contribution in [0.3, 0.4) is 0 Å². The Morgan fingerprint density at radius 2 is 2.44 bits per heavy atom. The predicted octanol–water partition coefficient (Wildman–Crippen LogP) is 3.13. The molecule has 16 heavy (non-hydrogen) atoms. The molecule has 2 atom stereocenters. The molecule has 1 aliphatic heterocycles. The number of halogens is 2. The van der Waals surface area contributed by atoms with Crippen molar-refractivity contribution in [3.8, 4) is 5.75 Å². The van der Waals surface area contributed by atoms with E-state index in [1.807, 2.05) is 0 Å². The molecule has 1 aliphatic rings. The molecule has 86 valence electrons. The molecule has 0 aliphatic carbocycles. The van der Waals surface area contributed by atoms with Crippen LogP contribution in [-0.4, -0.2) is 18.6 Å². The fourth-order valence-corrected chi connectivity index (χ4v) is 2.15. The first kappa shape index (κ1) is 11.4. The van der Waals surface area contributed by atoms with Crippen molar-refractivity contribution < 1.29 is 13.9 Å². The van der Waals surface area contributed by atoms with Crippen LogP contribution in [0.2, 0.25) is 5.02 Å². The molecule has 0 spiro atoms. The number of hydrogen-bond donors (Lipinski definition) is 0. The van der Waals surface area contributed by atoms with E-state index in [4.69, 9.17) is 16.3 Å². The summed E-state index contributed by atoms with van der Waals surface area (Å²) in [5.41, 5.74) is -0.145. The van der Waals surface area contributed by atoms with Crippen LogP contribution >= 0.6 is 11.6 Å². The molecule has 1 heterocycles. The van der Waals surface area contributed by atoms with Crippen molar-refractivity contribution in [1.82, 2.24) is 0 Å². The van der Waals surface area contributed by atoms with Gasteiger partial charge in [0.05, 0.1) is 0 Å². The summed E-state index contributed by atoms with van der Waals surface area (Å²) in [5.74, 6) is 0.192. The Hall–Kier alpha value is -1.09. The molecule has 0 saturated carbocycles. The minimum absolute atomic E-state index is 0.318. The van der Waals surface area contributed by atoms with Gasteiger partial charge in [0, 0.05) is 22.9 Å². The highest BCUT2D eigenvalue weighted by molar-refractivity contribution is 6.30. The second kappa shape index (κ2) is 4.06. The third-order valence-corrected chi connectivity index (χ3v) is 3.07. The van der Waals surface area contributed by atoms with Gasteiger partial charge in [-0.2, -0.15) is 0 Å². The predicted molar refractivity (Wildman–Crippen MR) is 59.9 cm³/mol. The number of aldehydes is 1. The molecule has 0 saturated heterocycles. The molecule has 4 heteroatoms. The maximum atomic E-state index is 12.9. The van der Waals surface area contributed by atoms with E-state index in [-0.39, 0.29) is 5.92 Å². The van der Waals surface area contributed by atoms with Crippen molar-refractivity contribution in [2.75, 3.05) is 6.67 Å². The lowest BCUT2D eigenvalue weighted by Crippen LogP contribution is -2.40. The number of alkyl halides is 1. The van der Waals surface area contributed by atoms with Crippen LogP contribution in [0.15, 0.2) is 18.2 Å². The van der Waals surface area contributed by atoms with Gasteiger partial charge in [-0.05, 0) is 19.1 Å². The Labute approximate surface area is 98.4 Å². The molecular weight excluding hydrogens is 231 g/mol. The molecular formula is C12H12ClFO2. The highest BCUT2D eigenvalue weighted by Crippen LogP contribution is 2.41. The molecule has 1 aromatic carbocycles. The zero-order chi connectivity index (χ0) is 11.8. The maximum absolute atomic E-state index is 12.9. The van der Waals surface area contributed by atoms with E-state index in [2.05, 4.69) is 0 Å². The molecule has 0 bridgehead atoms. The summed E-state index contributed by atoms with van der Waals surface area (Å²) < 4.78 is 18.5. The summed E-state index contributed by atoms with van der Waals surface area (Å²) in [6.07, 6.45) is 1.20. The number of carbonyl (C=O) groups is 1. The second-order valence-corrected chi connectivity index (χ2v) is 4.75. The fourth-order valence-electron chi connectivity index (χ4n) is 1.99. The number of fused-ring (bicyclic) bond motifs is 1. The minimum atomic E-state index is -0.927. The van der Waals surface area contributed by atoms with Gasteiger partial charge in [0.25, 0.3) is 0 Å². The molecule has 0 radical (unpaired) electrons. The zero-order valence-corrected chi connectivity index (χ0v) is 9.63. The van der Waals surface area contributed by atoms with Gasteiger partial charge >= 0.3 is 0 Å². The lowest BCUT2D eigenvalue weighted by atomic mass is 9.85. The van der Waals surface area contributed by atoms with Gasteiger partial charge in [-0.15, -0.1) is 0 Å². The van der Waals surface area contributed by atoms with E-state index in [0.29, 0.717) is 17.2 Å². The molecule has 1 aromatic rings. The molecule has 0 amide bonds. The van der Waals surface area contributed by atoms with Crippen molar-refractivity contribution in [2.24, 2.45) is 0 Å². The number of hydrogen-bond acceptors (Lipinski definition) is 2. The molecule has 0 aromatic heterocycles. The van der Waals surface area contributed by atoms with Gasteiger partial charge < -0.3 is 9.53 Å². The summed E-state index contributed by atoms with van der Waals surface area (Å²) in [4.78, 5) is 11.0. The van der Waals surface area contributed by atoms with Crippen LogP contribution in [0.5, 0.6) is 5.75 Å². The maximum Gasteiger partial charge on any atom is 0.135 e. The highest BCUT2D eigenvalue weighted by atomic mass is 35.5. The van der Waals surface area contributed by atoms with Crippen LogP contribution in [-0.2, 0) is 4.79 Å². The van der Waals surface area contributed by atoms with Crippen molar-refractivity contribution in [1.29, 1.82) is 0 Å². The van der Waals surface area contributed by atoms with Crippen molar-refractivity contribution >= 4 is 17.9 Å². The lowest BCUT2D eigenvalue weighted by molar-refractivity contribution is -0.111. The van der Waals surface area contributed by atoms with E-state index in [9.17, 15) is 9.18 Å². The fraction of sp³-hybridized carbons (Fsp3) is 0.417. The van der Waals surface area contributed by atoms with E-state index < -0.39 is 12.3 Å².